The number of aryl methyl sites for hydroxylation is 1. The van der Waals surface area contributed by atoms with Gasteiger partial charge in [-0.05, 0) is 6.42 Å². The maximum absolute atomic E-state index is 11.8. The second-order valence-electron chi connectivity index (χ2n) is 3.84. The third-order valence-electron chi connectivity index (χ3n) is 2.45. The first-order valence-corrected chi connectivity index (χ1v) is 5.82. The van der Waals surface area contributed by atoms with Crippen LogP contribution in [-0.4, -0.2) is 32.0 Å². The molecule has 0 radical (unpaired) electrons. The Morgan fingerprint density at radius 3 is 3.00 bits per heavy atom. The van der Waals surface area contributed by atoms with Crippen molar-refractivity contribution >= 4 is 11.7 Å². The third kappa shape index (κ3) is 3.75. The molecular weight excluding hydrogens is 246 g/mol. The first-order chi connectivity index (χ1) is 9.29. The average molecular weight is 261 g/mol. The van der Waals surface area contributed by atoms with Crippen LogP contribution in [0.1, 0.15) is 16.9 Å². The number of anilines is 1. The van der Waals surface area contributed by atoms with E-state index in [1.54, 1.807) is 12.5 Å². The second-order valence-corrected chi connectivity index (χ2v) is 3.84. The van der Waals surface area contributed by atoms with Crippen molar-refractivity contribution in [2.75, 3.05) is 12.0 Å². The number of imidazole rings is 1. The van der Waals surface area contributed by atoms with Gasteiger partial charge in [0.05, 0.1) is 18.7 Å². The zero-order chi connectivity index (χ0) is 13.5. The van der Waals surface area contributed by atoms with Gasteiger partial charge in [-0.25, -0.2) is 15.8 Å². The number of hydrazine groups is 1. The topological polar surface area (TPSA) is 111 Å². The maximum Gasteiger partial charge on any atom is 0.271 e. The molecular formula is C11H15N7O. The summed E-state index contributed by atoms with van der Waals surface area (Å²) in [7, 11) is 0. The van der Waals surface area contributed by atoms with Gasteiger partial charge in [-0.2, -0.15) is 0 Å². The predicted octanol–water partition coefficient (Wildman–Crippen LogP) is -0.221. The molecule has 0 unspecified atom stereocenters. The molecule has 2 heterocycles. The Balaban J connectivity index is 1.77. The minimum absolute atomic E-state index is 0.234. The summed E-state index contributed by atoms with van der Waals surface area (Å²) in [4.78, 5) is 23.6. The van der Waals surface area contributed by atoms with Gasteiger partial charge in [-0.1, -0.05) is 0 Å². The van der Waals surface area contributed by atoms with Crippen LogP contribution in [0.4, 0.5) is 5.82 Å². The number of nitrogens with zero attached hydrogens (tertiary/aromatic N) is 4. The summed E-state index contributed by atoms with van der Waals surface area (Å²) in [5.74, 6) is 5.29. The summed E-state index contributed by atoms with van der Waals surface area (Å²) in [6, 6.07) is 0. The van der Waals surface area contributed by atoms with Gasteiger partial charge in [0.2, 0.25) is 0 Å². The maximum atomic E-state index is 11.8. The monoisotopic (exact) mass is 261 g/mol. The van der Waals surface area contributed by atoms with Crippen LogP contribution >= 0.6 is 0 Å². The molecule has 0 fully saturated rings. The molecule has 0 saturated heterocycles. The van der Waals surface area contributed by atoms with Gasteiger partial charge in [-0.15, -0.1) is 0 Å². The summed E-state index contributed by atoms with van der Waals surface area (Å²) >= 11 is 0. The molecule has 0 aromatic carbocycles. The summed E-state index contributed by atoms with van der Waals surface area (Å²) < 4.78 is 1.95. The normalized spacial score (nSPS) is 10.2. The van der Waals surface area contributed by atoms with Gasteiger partial charge in [0, 0.05) is 25.5 Å². The summed E-state index contributed by atoms with van der Waals surface area (Å²) in [6.07, 6.45) is 8.99. The number of nitrogens with two attached hydrogens (primary N) is 1. The average Bonchev–Trinajstić information content (AvgIpc) is 2.96. The zero-order valence-electron chi connectivity index (χ0n) is 10.3. The highest BCUT2D eigenvalue weighted by atomic mass is 16.1. The largest absolute Gasteiger partial charge is 0.351 e. The quantitative estimate of drug-likeness (QED) is 0.376. The Labute approximate surface area is 110 Å². The molecule has 0 saturated carbocycles. The van der Waals surface area contributed by atoms with E-state index in [-0.39, 0.29) is 11.6 Å². The van der Waals surface area contributed by atoms with E-state index in [4.69, 9.17) is 5.84 Å². The first-order valence-electron chi connectivity index (χ1n) is 5.82. The lowest BCUT2D eigenvalue weighted by Crippen LogP contribution is -2.26. The van der Waals surface area contributed by atoms with Crippen molar-refractivity contribution in [2.24, 2.45) is 5.84 Å². The van der Waals surface area contributed by atoms with E-state index < -0.39 is 0 Å². The molecule has 2 rings (SSSR count). The lowest BCUT2D eigenvalue weighted by atomic mass is 10.3. The Morgan fingerprint density at radius 1 is 1.37 bits per heavy atom. The Bertz CT molecular complexity index is 526. The standard InChI is InChI=1S/C11H15N7O/c12-17-10-7-14-6-9(16-10)11(19)15-2-1-4-18-5-3-13-8-18/h3,5-8H,1-2,4,12H2,(H,15,19)(H,16,17). The number of amides is 1. The zero-order valence-corrected chi connectivity index (χ0v) is 10.3. The lowest BCUT2D eigenvalue weighted by molar-refractivity contribution is 0.0947. The number of nitrogen functional groups attached to an aromatic ring is 1. The Kier molecular flexibility index (Phi) is 4.40. The first kappa shape index (κ1) is 13.0. The van der Waals surface area contributed by atoms with E-state index in [0.717, 1.165) is 13.0 Å². The number of aromatic nitrogens is 4. The van der Waals surface area contributed by atoms with Crippen molar-refractivity contribution in [1.29, 1.82) is 0 Å². The van der Waals surface area contributed by atoms with Crippen LogP contribution in [0.2, 0.25) is 0 Å². The molecule has 0 aliphatic rings. The van der Waals surface area contributed by atoms with Crippen molar-refractivity contribution < 1.29 is 4.79 Å². The smallest absolute Gasteiger partial charge is 0.271 e. The fourth-order valence-corrected chi connectivity index (χ4v) is 1.52. The SMILES string of the molecule is NNc1cncc(C(=O)NCCCn2ccnc2)n1. The Hall–Kier alpha value is -2.48. The van der Waals surface area contributed by atoms with Gasteiger partial charge >= 0.3 is 0 Å². The second kappa shape index (κ2) is 6.45. The highest BCUT2D eigenvalue weighted by Crippen LogP contribution is 1.99. The van der Waals surface area contributed by atoms with Crippen molar-refractivity contribution in [2.45, 2.75) is 13.0 Å². The molecule has 8 nitrogen and oxygen atoms in total. The number of hydrogen-bond donors (Lipinski definition) is 3. The van der Waals surface area contributed by atoms with E-state index in [0.29, 0.717) is 12.4 Å². The van der Waals surface area contributed by atoms with Crippen molar-refractivity contribution in [3.63, 3.8) is 0 Å². The molecule has 8 heteroatoms. The molecule has 4 N–H and O–H groups in total. The van der Waals surface area contributed by atoms with Crippen molar-refractivity contribution in [3.8, 4) is 0 Å². The van der Waals surface area contributed by atoms with Crippen molar-refractivity contribution in [1.82, 2.24) is 24.8 Å². The molecule has 2 aromatic heterocycles. The van der Waals surface area contributed by atoms with E-state index in [9.17, 15) is 4.79 Å². The lowest BCUT2D eigenvalue weighted by Gasteiger charge is -2.06. The number of hydrogen-bond acceptors (Lipinski definition) is 6. The summed E-state index contributed by atoms with van der Waals surface area (Å²) in [5, 5.41) is 2.77. The summed E-state index contributed by atoms with van der Waals surface area (Å²) in [5.41, 5.74) is 2.58. The van der Waals surface area contributed by atoms with Crippen molar-refractivity contribution in [3.05, 3.63) is 36.8 Å². The highest BCUT2D eigenvalue weighted by molar-refractivity contribution is 5.92. The Morgan fingerprint density at radius 2 is 2.26 bits per heavy atom. The fraction of sp³-hybridized carbons (Fsp3) is 0.273. The van der Waals surface area contributed by atoms with Crippen LogP contribution in [0.25, 0.3) is 0 Å². The molecule has 0 spiro atoms. The minimum atomic E-state index is -0.268. The van der Waals surface area contributed by atoms with Gasteiger partial charge < -0.3 is 15.3 Å². The van der Waals surface area contributed by atoms with Gasteiger partial charge in [0.15, 0.2) is 5.82 Å². The van der Waals surface area contributed by atoms with E-state index in [1.165, 1.54) is 12.4 Å². The van der Waals surface area contributed by atoms with Crippen LogP contribution in [-0.2, 0) is 6.54 Å². The van der Waals surface area contributed by atoms with Gasteiger partial charge in [0.1, 0.15) is 5.69 Å². The number of carbonyl (C=O) groups is 1. The van der Waals surface area contributed by atoms with E-state index in [1.807, 2.05) is 10.8 Å². The minimum Gasteiger partial charge on any atom is -0.351 e. The molecule has 2 aromatic rings. The number of rotatable bonds is 6. The number of carbonyl (C=O) groups excluding carboxylic acids is 1. The summed E-state index contributed by atoms with van der Waals surface area (Å²) in [6.45, 7) is 1.36. The molecule has 0 aliphatic heterocycles. The van der Waals surface area contributed by atoms with Crippen LogP contribution < -0.4 is 16.6 Å². The highest BCUT2D eigenvalue weighted by Gasteiger charge is 2.07. The molecule has 19 heavy (non-hydrogen) atoms. The predicted molar refractivity (Wildman–Crippen MR) is 69.0 cm³/mol. The molecule has 0 aliphatic carbocycles. The van der Waals surface area contributed by atoms with Gasteiger partial charge in [0.25, 0.3) is 5.91 Å². The van der Waals surface area contributed by atoms with Crippen LogP contribution in [0.3, 0.4) is 0 Å². The molecule has 0 atom stereocenters. The third-order valence-corrected chi connectivity index (χ3v) is 2.45. The molecule has 1 amide bonds. The number of nitrogens with one attached hydrogen (secondary N) is 2. The van der Waals surface area contributed by atoms with Crippen LogP contribution in [0, 0.1) is 0 Å². The van der Waals surface area contributed by atoms with Crippen LogP contribution in [0.5, 0.6) is 0 Å². The van der Waals surface area contributed by atoms with Crippen LogP contribution in [0.15, 0.2) is 31.1 Å². The van der Waals surface area contributed by atoms with E-state index in [2.05, 4.69) is 25.7 Å². The molecule has 0 bridgehead atoms. The van der Waals surface area contributed by atoms with E-state index >= 15 is 0 Å². The fourth-order valence-electron chi connectivity index (χ4n) is 1.52. The molecule has 100 valence electrons. The van der Waals surface area contributed by atoms with Gasteiger partial charge in [-0.3, -0.25) is 9.78 Å².